The lowest BCUT2D eigenvalue weighted by atomic mass is 10.5. The van der Waals surface area contributed by atoms with Gasteiger partial charge in [0.1, 0.15) is 0 Å². The summed E-state index contributed by atoms with van der Waals surface area (Å²) in [5.41, 5.74) is 0. The SMILES string of the molecule is COCCNCCNC(=O)c1noc(C)n1. The molecular formula is C9H16N4O3. The highest BCUT2D eigenvalue weighted by Crippen LogP contribution is 1.93. The van der Waals surface area contributed by atoms with Gasteiger partial charge in [0, 0.05) is 33.7 Å². The Morgan fingerprint density at radius 1 is 1.44 bits per heavy atom. The van der Waals surface area contributed by atoms with E-state index in [9.17, 15) is 4.79 Å². The van der Waals surface area contributed by atoms with Crippen molar-refractivity contribution in [2.24, 2.45) is 0 Å². The number of nitrogens with zero attached hydrogens (tertiary/aromatic N) is 2. The fourth-order valence-corrected chi connectivity index (χ4v) is 1.03. The first kappa shape index (κ1) is 12.6. The molecular weight excluding hydrogens is 212 g/mol. The van der Waals surface area contributed by atoms with Crippen molar-refractivity contribution in [1.29, 1.82) is 0 Å². The number of aromatic nitrogens is 2. The van der Waals surface area contributed by atoms with Gasteiger partial charge in [-0.3, -0.25) is 4.79 Å². The molecule has 1 rings (SSSR count). The van der Waals surface area contributed by atoms with Crippen molar-refractivity contribution in [2.75, 3.05) is 33.4 Å². The normalized spacial score (nSPS) is 10.4. The zero-order valence-electron chi connectivity index (χ0n) is 9.45. The highest BCUT2D eigenvalue weighted by atomic mass is 16.5. The van der Waals surface area contributed by atoms with Crippen molar-refractivity contribution in [3.8, 4) is 0 Å². The molecule has 0 bridgehead atoms. The number of hydrogen-bond donors (Lipinski definition) is 2. The lowest BCUT2D eigenvalue weighted by Crippen LogP contribution is -2.33. The third kappa shape index (κ3) is 4.37. The fraction of sp³-hybridized carbons (Fsp3) is 0.667. The molecule has 0 saturated heterocycles. The summed E-state index contributed by atoms with van der Waals surface area (Å²) in [5.74, 6) is 0.114. The Morgan fingerprint density at radius 3 is 2.88 bits per heavy atom. The molecule has 1 amide bonds. The van der Waals surface area contributed by atoms with Crippen LogP contribution in [0.2, 0.25) is 0 Å². The predicted octanol–water partition coefficient (Wildman–Crippen LogP) is -0.656. The predicted molar refractivity (Wildman–Crippen MR) is 56.1 cm³/mol. The van der Waals surface area contributed by atoms with Crippen LogP contribution >= 0.6 is 0 Å². The Kier molecular flexibility index (Phi) is 5.44. The number of amides is 1. The average molecular weight is 228 g/mol. The summed E-state index contributed by atoms with van der Waals surface area (Å²) in [6.45, 7) is 4.23. The van der Waals surface area contributed by atoms with Gasteiger partial charge in [0.05, 0.1) is 6.61 Å². The largest absolute Gasteiger partial charge is 0.383 e. The van der Waals surface area contributed by atoms with Crippen molar-refractivity contribution in [2.45, 2.75) is 6.92 Å². The van der Waals surface area contributed by atoms with Gasteiger partial charge in [-0.15, -0.1) is 0 Å². The summed E-state index contributed by atoms with van der Waals surface area (Å²) in [6, 6.07) is 0. The second kappa shape index (κ2) is 6.91. The van der Waals surface area contributed by atoms with E-state index in [1.807, 2.05) is 0 Å². The zero-order valence-corrected chi connectivity index (χ0v) is 9.45. The summed E-state index contributed by atoms with van der Waals surface area (Å²) in [4.78, 5) is 15.2. The zero-order chi connectivity index (χ0) is 11.8. The molecule has 0 spiro atoms. The minimum Gasteiger partial charge on any atom is -0.383 e. The minimum absolute atomic E-state index is 0.0643. The van der Waals surface area contributed by atoms with Crippen LogP contribution in [0.25, 0.3) is 0 Å². The van der Waals surface area contributed by atoms with Gasteiger partial charge in [-0.2, -0.15) is 4.98 Å². The molecule has 0 saturated carbocycles. The highest BCUT2D eigenvalue weighted by molar-refractivity contribution is 5.90. The number of rotatable bonds is 7. The lowest BCUT2D eigenvalue weighted by molar-refractivity contribution is 0.0940. The number of ether oxygens (including phenoxy) is 1. The maximum atomic E-state index is 11.4. The molecule has 7 nitrogen and oxygen atoms in total. The first-order chi connectivity index (χ1) is 7.74. The van der Waals surface area contributed by atoms with E-state index in [-0.39, 0.29) is 11.7 Å². The summed E-state index contributed by atoms with van der Waals surface area (Å²) < 4.78 is 9.55. The first-order valence-corrected chi connectivity index (χ1v) is 5.02. The maximum Gasteiger partial charge on any atom is 0.292 e. The van der Waals surface area contributed by atoms with Gasteiger partial charge < -0.3 is 19.9 Å². The second-order valence-electron chi connectivity index (χ2n) is 3.14. The van der Waals surface area contributed by atoms with Gasteiger partial charge in [0.2, 0.25) is 5.89 Å². The molecule has 0 atom stereocenters. The van der Waals surface area contributed by atoms with Gasteiger partial charge in [-0.05, 0) is 0 Å². The highest BCUT2D eigenvalue weighted by Gasteiger charge is 2.11. The van der Waals surface area contributed by atoms with Crippen LogP contribution in [0.3, 0.4) is 0 Å². The number of carbonyl (C=O) groups excluding carboxylic acids is 1. The van der Waals surface area contributed by atoms with Crippen LogP contribution < -0.4 is 10.6 Å². The van der Waals surface area contributed by atoms with Crippen molar-refractivity contribution in [3.05, 3.63) is 11.7 Å². The Bertz CT molecular complexity index is 326. The summed E-state index contributed by atoms with van der Waals surface area (Å²) in [7, 11) is 1.64. The quantitative estimate of drug-likeness (QED) is 0.602. The average Bonchev–Trinajstić information content (AvgIpc) is 2.70. The Hall–Kier alpha value is -1.47. The van der Waals surface area contributed by atoms with E-state index >= 15 is 0 Å². The summed E-state index contributed by atoms with van der Waals surface area (Å²) in [5, 5.41) is 9.26. The van der Waals surface area contributed by atoms with E-state index in [1.54, 1.807) is 14.0 Å². The van der Waals surface area contributed by atoms with Crippen LogP contribution in [0.1, 0.15) is 16.5 Å². The fourth-order valence-electron chi connectivity index (χ4n) is 1.03. The van der Waals surface area contributed by atoms with Gasteiger partial charge in [-0.1, -0.05) is 5.16 Å². The van der Waals surface area contributed by atoms with Gasteiger partial charge >= 0.3 is 0 Å². The van der Waals surface area contributed by atoms with Crippen LogP contribution in [-0.2, 0) is 4.74 Å². The monoisotopic (exact) mass is 228 g/mol. The van der Waals surface area contributed by atoms with Crippen molar-refractivity contribution in [3.63, 3.8) is 0 Å². The molecule has 7 heteroatoms. The van der Waals surface area contributed by atoms with Gasteiger partial charge in [0.25, 0.3) is 11.7 Å². The molecule has 0 unspecified atom stereocenters. The molecule has 0 aliphatic carbocycles. The second-order valence-corrected chi connectivity index (χ2v) is 3.14. The van der Waals surface area contributed by atoms with Crippen molar-refractivity contribution < 1.29 is 14.1 Å². The molecule has 2 N–H and O–H groups in total. The number of carbonyl (C=O) groups is 1. The Morgan fingerprint density at radius 2 is 2.25 bits per heavy atom. The minimum atomic E-state index is -0.328. The third-order valence-corrected chi connectivity index (χ3v) is 1.80. The molecule has 0 fully saturated rings. The van der Waals surface area contributed by atoms with E-state index in [0.717, 1.165) is 6.54 Å². The van der Waals surface area contributed by atoms with Crippen LogP contribution in [0.5, 0.6) is 0 Å². The Balaban J connectivity index is 2.11. The standard InChI is InChI=1S/C9H16N4O3/c1-7-12-8(13-16-7)9(14)11-4-3-10-5-6-15-2/h10H,3-6H2,1-2H3,(H,11,14). The smallest absolute Gasteiger partial charge is 0.292 e. The molecule has 16 heavy (non-hydrogen) atoms. The van der Waals surface area contributed by atoms with E-state index in [2.05, 4.69) is 20.8 Å². The topological polar surface area (TPSA) is 89.3 Å². The third-order valence-electron chi connectivity index (χ3n) is 1.80. The maximum absolute atomic E-state index is 11.4. The molecule has 90 valence electrons. The van der Waals surface area contributed by atoms with Gasteiger partial charge in [-0.25, -0.2) is 0 Å². The van der Waals surface area contributed by atoms with E-state index in [0.29, 0.717) is 25.6 Å². The Labute approximate surface area is 93.5 Å². The molecule has 1 aromatic heterocycles. The number of methoxy groups -OCH3 is 1. The van der Waals surface area contributed by atoms with E-state index in [1.165, 1.54) is 0 Å². The molecule has 0 aromatic carbocycles. The summed E-state index contributed by atoms with van der Waals surface area (Å²) in [6.07, 6.45) is 0. The van der Waals surface area contributed by atoms with Crippen molar-refractivity contribution in [1.82, 2.24) is 20.8 Å². The molecule has 1 aromatic rings. The number of aryl methyl sites for hydroxylation is 1. The van der Waals surface area contributed by atoms with Crippen LogP contribution in [0, 0.1) is 6.92 Å². The molecule has 0 aliphatic heterocycles. The lowest BCUT2D eigenvalue weighted by Gasteiger charge is -2.04. The first-order valence-electron chi connectivity index (χ1n) is 5.02. The van der Waals surface area contributed by atoms with Crippen LogP contribution in [0.4, 0.5) is 0 Å². The van der Waals surface area contributed by atoms with E-state index in [4.69, 9.17) is 9.26 Å². The van der Waals surface area contributed by atoms with Crippen LogP contribution in [0.15, 0.2) is 4.52 Å². The van der Waals surface area contributed by atoms with Crippen molar-refractivity contribution >= 4 is 5.91 Å². The summed E-state index contributed by atoms with van der Waals surface area (Å²) >= 11 is 0. The van der Waals surface area contributed by atoms with Gasteiger partial charge in [0.15, 0.2) is 0 Å². The molecule has 0 radical (unpaired) electrons. The van der Waals surface area contributed by atoms with E-state index < -0.39 is 0 Å². The molecule has 1 heterocycles. The number of nitrogens with one attached hydrogen (secondary N) is 2. The van der Waals surface area contributed by atoms with Crippen LogP contribution in [-0.4, -0.2) is 49.4 Å². The number of hydrogen-bond acceptors (Lipinski definition) is 6. The molecule has 0 aliphatic rings.